The Morgan fingerprint density at radius 3 is 2.25 bits per heavy atom. The van der Waals surface area contributed by atoms with E-state index in [4.69, 9.17) is 0 Å². The minimum absolute atomic E-state index is 0.0902. The van der Waals surface area contributed by atoms with Crippen LogP contribution < -0.4 is 0 Å². The molecule has 0 aliphatic heterocycles. The minimum atomic E-state index is -0.343. The van der Waals surface area contributed by atoms with E-state index in [1.807, 2.05) is 27.7 Å². The second kappa shape index (κ2) is 4.39. The topological polar surface area (TPSA) is 34.1 Å². The zero-order valence-corrected chi connectivity index (χ0v) is 8.39. The van der Waals surface area contributed by atoms with Crippen LogP contribution >= 0.6 is 0 Å². The fourth-order valence-corrected chi connectivity index (χ4v) is 0.793. The van der Waals surface area contributed by atoms with E-state index in [2.05, 4.69) is 0 Å². The van der Waals surface area contributed by atoms with Crippen LogP contribution in [0.25, 0.3) is 0 Å². The van der Waals surface area contributed by atoms with E-state index >= 15 is 0 Å². The molecule has 70 valence electrons. The second-order valence-corrected chi connectivity index (χ2v) is 4.23. The van der Waals surface area contributed by atoms with Crippen molar-refractivity contribution in [3.05, 3.63) is 0 Å². The highest BCUT2D eigenvalue weighted by atomic mass is 16.1. The molecule has 0 spiro atoms. The van der Waals surface area contributed by atoms with Gasteiger partial charge in [-0.1, -0.05) is 27.7 Å². The van der Waals surface area contributed by atoms with Gasteiger partial charge in [0.05, 0.1) is 0 Å². The number of carbonyl (C=O) groups is 2. The molecule has 0 amide bonds. The lowest BCUT2D eigenvalue weighted by Crippen LogP contribution is -2.16. The molecule has 0 atom stereocenters. The van der Waals surface area contributed by atoms with Crippen LogP contribution in [0, 0.1) is 11.3 Å². The Bertz CT molecular complexity index is 169. The number of Topliss-reactive ketones (excluding diaryl/α,β-unsaturated/α-hetero) is 1. The lowest BCUT2D eigenvalue weighted by Gasteiger charge is -2.16. The molecule has 0 aromatic rings. The highest BCUT2D eigenvalue weighted by Crippen LogP contribution is 2.20. The molecule has 2 nitrogen and oxygen atoms in total. The number of hydrogen-bond donors (Lipinski definition) is 0. The van der Waals surface area contributed by atoms with E-state index in [0.717, 1.165) is 6.29 Å². The maximum Gasteiger partial charge on any atom is 0.135 e. The normalized spacial score (nSPS) is 11.8. The van der Waals surface area contributed by atoms with Crippen molar-refractivity contribution in [2.24, 2.45) is 11.3 Å². The molecule has 0 aromatic carbocycles. The first-order valence-electron chi connectivity index (χ1n) is 4.38. The lowest BCUT2D eigenvalue weighted by molar-refractivity contribution is -0.123. The van der Waals surface area contributed by atoms with Crippen LogP contribution in [0.3, 0.4) is 0 Å². The van der Waals surface area contributed by atoms with Gasteiger partial charge >= 0.3 is 0 Å². The van der Waals surface area contributed by atoms with Gasteiger partial charge in [-0.2, -0.15) is 0 Å². The molecule has 0 aromatic heterocycles. The molecule has 0 fully saturated rings. The van der Waals surface area contributed by atoms with E-state index in [0.29, 0.717) is 12.8 Å². The van der Waals surface area contributed by atoms with Crippen molar-refractivity contribution >= 4 is 12.1 Å². The molecule has 0 rings (SSSR count). The summed E-state index contributed by atoms with van der Waals surface area (Å²) in [6.45, 7) is 7.48. The first-order valence-corrected chi connectivity index (χ1v) is 4.38. The van der Waals surface area contributed by atoms with E-state index in [9.17, 15) is 9.59 Å². The van der Waals surface area contributed by atoms with Gasteiger partial charge in [-0.15, -0.1) is 0 Å². The summed E-state index contributed by atoms with van der Waals surface area (Å²) in [4.78, 5) is 21.7. The molecule has 0 bridgehead atoms. The lowest BCUT2D eigenvalue weighted by atomic mass is 9.87. The number of rotatable bonds is 5. The van der Waals surface area contributed by atoms with Crippen molar-refractivity contribution in [2.75, 3.05) is 0 Å². The second-order valence-electron chi connectivity index (χ2n) is 4.23. The molecule has 0 unspecified atom stereocenters. The smallest absolute Gasteiger partial charge is 0.135 e. The van der Waals surface area contributed by atoms with E-state index < -0.39 is 0 Å². The Labute approximate surface area is 74.3 Å². The van der Waals surface area contributed by atoms with Gasteiger partial charge in [0.15, 0.2) is 0 Å². The summed E-state index contributed by atoms with van der Waals surface area (Å²) in [5.74, 6) is 0.331. The Kier molecular flexibility index (Phi) is 4.15. The first kappa shape index (κ1) is 11.3. The third kappa shape index (κ3) is 4.27. The summed E-state index contributed by atoms with van der Waals surface area (Å²) in [6.07, 6.45) is 2.09. The predicted octanol–water partition coefficient (Wildman–Crippen LogP) is 2.22. The number of aldehydes is 1. The average molecular weight is 170 g/mol. The van der Waals surface area contributed by atoms with Crippen molar-refractivity contribution in [1.29, 1.82) is 0 Å². The predicted molar refractivity (Wildman–Crippen MR) is 48.9 cm³/mol. The Hall–Kier alpha value is -0.660. The molecule has 0 aliphatic carbocycles. The molecular weight excluding hydrogens is 152 g/mol. The molecule has 2 heteroatoms. The van der Waals surface area contributed by atoms with Crippen LogP contribution in [-0.4, -0.2) is 12.1 Å². The standard InChI is InChI=1S/C10H18O2/c1-8(2)9(12)5-6-10(3,4)7-11/h7-8H,5-6H2,1-4H3. The van der Waals surface area contributed by atoms with Crippen LogP contribution in [0.5, 0.6) is 0 Å². The molecule has 0 N–H and O–H groups in total. The average Bonchev–Trinajstić information content (AvgIpc) is 2.00. The van der Waals surface area contributed by atoms with E-state index in [1.165, 1.54) is 0 Å². The molecule has 0 saturated carbocycles. The van der Waals surface area contributed by atoms with Gasteiger partial charge in [-0.3, -0.25) is 4.79 Å². The van der Waals surface area contributed by atoms with Gasteiger partial charge < -0.3 is 4.79 Å². The van der Waals surface area contributed by atoms with E-state index in [-0.39, 0.29) is 17.1 Å². The molecule has 12 heavy (non-hydrogen) atoms. The monoisotopic (exact) mass is 170 g/mol. The summed E-state index contributed by atoms with van der Waals surface area (Å²) in [6, 6.07) is 0. The molecular formula is C10H18O2. The highest BCUT2D eigenvalue weighted by molar-refractivity contribution is 5.80. The van der Waals surface area contributed by atoms with Crippen LogP contribution in [0.1, 0.15) is 40.5 Å². The van der Waals surface area contributed by atoms with Gasteiger partial charge in [0, 0.05) is 17.8 Å². The summed E-state index contributed by atoms with van der Waals surface area (Å²) in [5, 5.41) is 0. The maximum absolute atomic E-state index is 11.2. The van der Waals surface area contributed by atoms with E-state index in [1.54, 1.807) is 0 Å². The van der Waals surface area contributed by atoms with Crippen LogP contribution in [0.15, 0.2) is 0 Å². The van der Waals surface area contributed by atoms with Crippen molar-refractivity contribution in [1.82, 2.24) is 0 Å². The summed E-state index contributed by atoms with van der Waals surface area (Å²) >= 11 is 0. The fraction of sp³-hybridized carbons (Fsp3) is 0.800. The Morgan fingerprint density at radius 2 is 1.92 bits per heavy atom. The van der Waals surface area contributed by atoms with Crippen molar-refractivity contribution in [3.63, 3.8) is 0 Å². The third-order valence-electron chi connectivity index (χ3n) is 1.98. The van der Waals surface area contributed by atoms with Crippen LogP contribution in [-0.2, 0) is 9.59 Å². The quantitative estimate of drug-likeness (QED) is 0.593. The number of carbonyl (C=O) groups excluding carboxylic acids is 2. The zero-order valence-electron chi connectivity index (χ0n) is 8.39. The van der Waals surface area contributed by atoms with Crippen molar-refractivity contribution in [3.8, 4) is 0 Å². The first-order chi connectivity index (χ1) is 5.39. The van der Waals surface area contributed by atoms with Crippen LogP contribution in [0.4, 0.5) is 0 Å². The summed E-state index contributed by atoms with van der Waals surface area (Å²) in [7, 11) is 0. The zero-order chi connectivity index (χ0) is 9.78. The third-order valence-corrected chi connectivity index (χ3v) is 1.98. The molecule has 0 heterocycles. The molecule has 0 aliphatic rings. The maximum atomic E-state index is 11.2. The van der Waals surface area contributed by atoms with Crippen molar-refractivity contribution in [2.45, 2.75) is 40.5 Å². The number of hydrogen-bond acceptors (Lipinski definition) is 2. The molecule has 0 radical (unpaired) electrons. The SMILES string of the molecule is CC(C)C(=O)CCC(C)(C)C=O. The van der Waals surface area contributed by atoms with Gasteiger partial charge in [-0.05, 0) is 6.42 Å². The fourth-order valence-electron chi connectivity index (χ4n) is 0.793. The van der Waals surface area contributed by atoms with Crippen molar-refractivity contribution < 1.29 is 9.59 Å². The largest absolute Gasteiger partial charge is 0.303 e. The highest BCUT2D eigenvalue weighted by Gasteiger charge is 2.18. The van der Waals surface area contributed by atoms with Gasteiger partial charge in [-0.25, -0.2) is 0 Å². The van der Waals surface area contributed by atoms with Gasteiger partial charge in [0.1, 0.15) is 12.1 Å². The summed E-state index contributed by atoms with van der Waals surface area (Å²) < 4.78 is 0. The Balaban J connectivity index is 3.83. The van der Waals surface area contributed by atoms with Gasteiger partial charge in [0.2, 0.25) is 0 Å². The number of ketones is 1. The van der Waals surface area contributed by atoms with Crippen LogP contribution in [0.2, 0.25) is 0 Å². The Morgan fingerprint density at radius 1 is 1.42 bits per heavy atom. The van der Waals surface area contributed by atoms with Gasteiger partial charge in [0.25, 0.3) is 0 Å². The summed E-state index contributed by atoms with van der Waals surface area (Å²) in [5.41, 5.74) is -0.343. The molecule has 0 saturated heterocycles. The minimum Gasteiger partial charge on any atom is -0.303 e.